The van der Waals surface area contributed by atoms with Crippen LogP contribution in [-0.4, -0.2) is 16.5 Å². The molecule has 0 spiro atoms. The Morgan fingerprint density at radius 2 is 2.11 bits per heavy atom. The van der Waals surface area contributed by atoms with Gasteiger partial charge in [0, 0.05) is 11.0 Å². The number of benzene rings is 1. The van der Waals surface area contributed by atoms with Crippen molar-refractivity contribution < 1.29 is 4.74 Å². The molecule has 0 saturated carbocycles. The van der Waals surface area contributed by atoms with Crippen LogP contribution >= 0.6 is 31.9 Å². The van der Waals surface area contributed by atoms with Crippen molar-refractivity contribution in [3.05, 3.63) is 39.5 Å². The summed E-state index contributed by atoms with van der Waals surface area (Å²) < 4.78 is 7.43. The van der Waals surface area contributed by atoms with Crippen molar-refractivity contribution >= 4 is 37.7 Å². The summed E-state index contributed by atoms with van der Waals surface area (Å²) in [6, 6.07) is 7.60. The van der Waals surface area contributed by atoms with Gasteiger partial charge in [0.2, 0.25) is 5.88 Å². The molecule has 0 unspecified atom stereocenters. The number of hydrogen-bond donors (Lipinski definition) is 1. The second-order valence-electron chi connectivity index (χ2n) is 3.83. The van der Waals surface area contributed by atoms with Crippen molar-refractivity contribution in [1.29, 1.82) is 0 Å². The summed E-state index contributed by atoms with van der Waals surface area (Å²) in [7, 11) is 0. The maximum atomic E-state index is 5.74. The standard InChI is InChI=1S/C13H13Br2N3O/c1-2-6-16-12-11(15)13(18-8-17-12)19-10-5-3-4-9(14)7-10/h3-5,7-8H,2,6H2,1H3,(H,16,17,18). The van der Waals surface area contributed by atoms with Crippen LogP contribution in [0.2, 0.25) is 0 Å². The van der Waals surface area contributed by atoms with E-state index in [1.54, 1.807) is 0 Å². The minimum absolute atomic E-state index is 0.492. The fourth-order valence-electron chi connectivity index (χ4n) is 1.43. The highest BCUT2D eigenvalue weighted by Crippen LogP contribution is 2.32. The Morgan fingerprint density at radius 1 is 1.26 bits per heavy atom. The molecule has 0 aliphatic rings. The SMILES string of the molecule is CCCNc1ncnc(Oc2cccc(Br)c2)c1Br. The molecule has 0 aliphatic carbocycles. The number of aromatic nitrogens is 2. The Labute approximate surface area is 128 Å². The number of halogens is 2. The maximum Gasteiger partial charge on any atom is 0.238 e. The Morgan fingerprint density at radius 3 is 2.84 bits per heavy atom. The summed E-state index contributed by atoms with van der Waals surface area (Å²) in [6.07, 6.45) is 2.51. The molecule has 19 heavy (non-hydrogen) atoms. The molecule has 2 rings (SSSR count). The van der Waals surface area contributed by atoms with E-state index in [4.69, 9.17) is 4.74 Å². The van der Waals surface area contributed by atoms with Crippen molar-refractivity contribution in [2.45, 2.75) is 13.3 Å². The van der Waals surface area contributed by atoms with Gasteiger partial charge in [-0.05, 0) is 40.5 Å². The third-order valence-corrected chi connectivity index (χ3v) is 3.52. The summed E-state index contributed by atoms with van der Waals surface area (Å²) in [6.45, 7) is 2.95. The van der Waals surface area contributed by atoms with Gasteiger partial charge in [-0.3, -0.25) is 0 Å². The van der Waals surface area contributed by atoms with E-state index in [-0.39, 0.29) is 0 Å². The van der Waals surface area contributed by atoms with Crippen molar-refractivity contribution in [3.8, 4) is 11.6 Å². The van der Waals surface area contributed by atoms with Crippen LogP contribution in [0.5, 0.6) is 11.6 Å². The number of rotatable bonds is 5. The quantitative estimate of drug-likeness (QED) is 0.814. The highest BCUT2D eigenvalue weighted by molar-refractivity contribution is 9.11. The van der Waals surface area contributed by atoms with Gasteiger partial charge in [-0.15, -0.1) is 0 Å². The van der Waals surface area contributed by atoms with Crippen LogP contribution < -0.4 is 10.1 Å². The van der Waals surface area contributed by atoms with Gasteiger partial charge in [0.25, 0.3) is 0 Å². The predicted molar refractivity (Wildman–Crippen MR) is 82.7 cm³/mol. The maximum absolute atomic E-state index is 5.74. The molecule has 0 aliphatic heterocycles. The highest BCUT2D eigenvalue weighted by atomic mass is 79.9. The Hall–Kier alpha value is -1.14. The minimum Gasteiger partial charge on any atom is -0.438 e. The molecule has 0 bridgehead atoms. The molecule has 1 heterocycles. The smallest absolute Gasteiger partial charge is 0.238 e. The Kier molecular flexibility index (Phi) is 5.15. The predicted octanol–water partition coefficient (Wildman–Crippen LogP) is 4.62. The first kappa shape index (κ1) is 14.3. The number of anilines is 1. The fraction of sp³-hybridized carbons (Fsp3) is 0.231. The molecule has 0 fully saturated rings. The fourth-order valence-corrected chi connectivity index (χ4v) is 2.24. The summed E-state index contributed by atoms with van der Waals surface area (Å²) in [5.41, 5.74) is 0. The van der Waals surface area contributed by atoms with Crippen LogP contribution in [0.4, 0.5) is 5.82 Å². The van der Waals surface area contributed by atoms with E-state index in [0.717, 1.165) is 33.5 Å². The second-order valence-corrected chi connectivity index (χ2v) is 5.54. The second kappa shape index (κ2) is 6.86. The zero-order chi connectivity index (χ0) is 13.7. The van der Waals surface area contributed by atoms with Gasteiger partial charge in [-0.25, -0.2) is 9.97 Å². The lowest BCUT2D eigenvalue weighted by molar-refractivity contribution is 0.458. The van der Waals surface area contributed by atoms with Crippen molar-refractivity contribution in [2.75, 3.05) is 11.9 Å². The van der Waals surface area contributed by atoms with Gasteiger partial charge in [0.1, 0.15) is 22.4 Å². The molecule has 0 amide bonds. The largest absolute Gasteiger partial charge is 0.438 e. The molecule has 0 radical (unpaired) electrons. The summed E-state index contributed by atoms with van der Waals surface area (Å²) in [4.78, 5) is 8.31. The third-order valence-electron chi connectivity index (χ3n) is 2.31. The first-order valence-corrected chi connectivity index (χ1v) is 7.47. The first-order valence-electron chi connectivity index (χ1n) is 5.88. The Balaban J connectivity index is 2.20. The van der Waals surface area contributed by atoms with E-state index < -0.39 is 0 Å². The lowest BCUT2D eigenvalue weighted by Gasteiger charge is -2.10. The van der Waals surface area contributed by atoms with E-state index in [2.05, 4.69) is 54.1 Å². The zero-order valence-electron chi connectivity index (χ0n) is 10.4. The molecule has 2 aromatic rings. The van der Waals surface area contributed by atoms with Gasteiger partial charge in [-0.2, -0.15) is 0 Å². The molecule has 6 heteroatoms. The minimum atomic E-state index is 0.492. The summed E-state index contributed by atoms with van der Waals surface area (Å²) >= 11 is 6.87. The molecule has 1 N–H and O–H groups in total. The highest BCUT2D eigenvalue weighted by Gasteiger charge is 2.10. The van der Waals surface area contributed by atoms with Crippen molar-refractivity contribution in [3.63, 3.8) is 0 Å². The van der Waals surface area contributed by atoms with E-state index in [1.165, 1.54) is 6.33 Å². The van der Waals surface area contributed by atoms with Gasteiger partial charge >= 0.3 is 0 Å². The van der Waals surface area contributed by atoms with Crippen LogP contribution in [0, 0.1) is 0 Å². The normalized spacial score (nSPS) is 10.3. The van der Waals surface area contributed by atoms with E-state index >= 15 is 0 Å². The molecular formula is C13H13Br2N3O. The van der Waals surface area contributed by atoms with Crippen molar-refractivity contribution in [1.82, 2.24) is 9.97 Å². The van der Waals surface area contributed by atoms with Crippen molar-refractivity contribution in [2.24, 2.45) is 0 Å². The third kappa shape index (κ3) is 3.91. The number of nitrogens with zero attached hydrogens (tertiary/aromatic N) is 2. The monoisotopic (exact) mass is 385 g/mol. The number of ether oxygens (including phenoxy) is 1. The average Bonchev–Trinajstić information content (AvgIpc) is 2.40. The van der Waals surface area contributed by atoms with E-state index in [1.807, 2.05) is 24.3 Å². The van der Waals surface area contributed by atoms with E-state index in [9.17, 15) is 0 Å². The van der Waals surface area contributed by atoms with Crippen LogP contribution in [0.15, 0.2) is 39.5 Å². The van der Waals surface area contributed by atoms with Crippen LogP contribution in [-0.2, 0) is 0 Å². The Bertz CT molecular complexity index is 563. The van der Waals surface area contributed by atoms with Gasteiger partial charge in [0.05, 0.1) is 0 Å². The molecule has 0 saturated heterocycles. The van der Waals surface area contributed by atoms with Gasteiger partial charge in [0.15, 0.2) is 0 Å². The molecular weight excluding hydrogens is 374 g/mol. The molecule has 1 aromatic carbocycles. The molecule has 1 aromatic heterocycles. The number of nitrogens with one attached hydrogen (secondary N) is 1. The lowest BCUT2D eigenvalue weighted by Crippen LogP contribution is -2.04. The van der Waals surface area contributed by atoms with Gasteiger partial charge in [-0.1, -0.05) is 28.9 Å². The number of hydrogen-bond acceptors (Lipinski definition) is 4. The lowest BCUT2D eigenvalue weighted by atomic mass is 10.3. The topological polar surface area (TPSA) is 47.0 Å². The molecule has 0 atom stereocenters. The summed E-state index contributed by atoms with van der Waals surface area (Å²) in [5, 5.41) is 3.21. The van der Waals surface area contributed by atoms with Crippen LogP contribution in [0.25, 0.3) is 0 Å². The zero-order valence-corrected chi connectivity index (χ0v) is 13.5. The first-order chi connectivity index (χ1) is 9.20. The molecule has 4 nitrogen and oxygen atoms in total. The average molecular weight is 387 g/mol. The van der Waals surface area contributed by atoms with E-state index in [0.29, 0.717) is 5.88 Å². The molecule has 100 valence electrons. The van der Waals surface area contributed by atoms with Crippen LogP contribution in [0.3, 0.4) is 0 Å². The van der Waals surface area contributed by atoms with Gasteiger partial charge < -0.3 is 10.1 Å². The van der Waals surface area contributed by atoms with Crippen LogP contribution in [0.1, 0.15) is 13.3 Å². The summed E-state index contributed by atoms with van der Waals surface area (Å²) in [5.74, 6) is 1.95.